The maximum Gasteiger partial charge on any atom is 0.0999 e. The molecule has 0 N–H and O–H groups in total. The smallest absolute Gasteiger partial charge is 0.0999 e. The van der Waals surface area contributed by atoms with Crippen molar-refractivity contribution in [2.24, 2.45) is 9.98 Å². The van der Waals surface area contributed by atoms with Gasteiger partial charge in [0.05, 0.1) is 23.0 Å². The van der Waals surface area contributed by atoms with Crippen molar-refractivity contribution in [1.82, 2.24) is 0 Å². The second-order valence-electron chi connectivity index (χ2n) is 5.31. The van der Waals surface area contributed by atoms with E-state index in [9.17, 15) is 0 Å². The van der Waals surface area contributed by atoms with Crippen LogP contribution in [0.2, 0.25) is 0 Å². The Morgan fingerprint density at radius 2 is 1.58 bits per heavy atom. The molecular weight excluding hydrogens is 321 g/mol. The van der Waals surface area contributed by atoms with Gasteiger partial charge in [-0.2, -0.15) is 0 Å². The Morgan fingerprint density at radius 3 is 2.11 bits per heavy atom. The van der Waals surface area contributed by atoms with Gasteiger partial charge in [-0.05, 0) is 32.3 Å². The van der Waals surface area contributed by atoms with Crippen molar-refractivity contribution in [2.75, 3.05) is 0 Å². The summed E-state index contributed by atoms with van der Waals surface area (Å²) < 4.78 is 0. The molecule has 1 atom stereocenters. The van der Waals surface area contributed by atoms with Crippen LogP contribution in [-0.4, -0.2) is 17.0 Å². The molecule has 3 heteroatoms. The Labute approximate surface area is 129 Å². The molecule has 0 aliphatic carbocycles. The summed E-state index contributed by atoms with van der Waals surface area (Å²) in [5.74, 6) is 0. The molecule has 1 aromatic rings. The first kappa shape index (κ1) is 16.2. The molecule has 0 saturated carbocycles. The Morgan fingerprint density at radius 1 is 1.00 bits per heavy atom. The summed E-state index contributed by atoms with van der Waals surface area (Å²) in [6.45, 7) is 8.67. The summed E-state index contributed by atoms with van der Waals surface area (Å²) in [6, 6.07) is 10.6. The van der Waals surface area contributed by atoms with Gasteiger partial charge >= 0.3 is 0 Å². The van der Waals surface area contributed by atoms with Gasteiger partial charge in [-0.25, -0.2) is 0 Å². The Balaban J connectivity index is 0.00000180. The molecule has 104 valence electrons. The summed E-state index contributed by atoms with van der Waals surface area (Å²) in [4.78, 5) is 9.89. The van der Waals surface area contributed by atoms with Crippen LogP contribution in [0.4, 0.5) is 0 Å². The number of hydrogen-bond acceptors (Lipinski definition) is 2. The fourth-order valence-electron chi connectivity index (χ4n) is 2.56. The van der Waals surface area contributed by atoms with Crippen molar-refractivity contribution in [3.63, 3.8) is 0 Å². The molecule has 2 rings (SSSR count). The number of benzene rings is 1. The van der Waals surface area contributed by atoms with E-state index >= 15 is 0 Å². The molecule has 0 spiro atoms. The Kier molecular flexibility index (Phi) is 5.61. The molecule has 0 amide bonds. The minimum Gasteiger partial charge on any atom is -0.279 e. The third-order valence-corrected chi connectivity index (χ3v) is 3.50. The molecule has 2 nitrogen and oxygen atoms in total. The third kappa shape index (κ3) is 3.39. The van der Waals surface area contributed by atoms with Crippen LogP contribution in [0.5, 0.6) is 0 Å². The van der Waals surface area contributed by atoms with E-state index in [4.69, 9.17) is 9.98 Å². The fourth-order valence-corrected chi connectivity index (χ4v) is 2.56. The van der Waals surface area contributed by atoms with Gasteiger partial charge in [-0.3, -0.25) is 9.98 Å². The van der Waals surface area contributed by atoms with E-state index < -0.39 is 0 Å². The van der Waals surface area contributed by atoms with Crippen molar-refractivity contribution < 1.29 is 19.5 Å². The molecule has 1 aromatic carbocycles. The zero-order chi connectivity index (χ0) is 13.2. The molecule has 1 heterocycles. The minimum atomic E-state index is -0.147. The zero-order valence-corrected chi connectivity index (χ0v) is 13.9. The summed E-state index contributed by atoms with van der Waals surface area (Å²) in [5.41, 5.74) is 3.46. The monoisotopic (exact) mass is 344 g/mol. The summed E-state index contributed by atoms with van der Waals surface area (Å²) in [5, 5.41) is 0. The van der Waals surface area contributed by atoms with Crippen molar-refractivity contribution in [3.8, 4) is 0 Å². The van der Waals surface area contributed by atoms with E-state index in [0.717, 1.165) is 12.8 Å². The Hall–Kier alpha value is -0.817. The van der Waals surface area contributed by atoms with E-state index in [1.807, 2.05) is 6.07 Å². The van der Waals surface area contributed by atoms with Crippen LogP contribution in [0.1, 0.15) is 52.1 Å². The number of hydrogen-bond donors (Lipinski definition) is 0. The third-order valence-electron chi connectivity index (χ3n) is 3.50. The van der Waals surface area contributed by atoms with E-state index in [1.54, 1.807) is 0 Å². The molecule has 1 aliphatic heterocycles. The van der Waals surface area contributed by atoms with E-state index in [2.05, 4.69) is 52.0 Å². The van der Waals surface area contributed by atoms with E-state index in [-0.39, 0.29) is 31.1 Å². The largest absolute Gasteiger partial charge is 0.279 e. The fraction of sp³-hybridized carbons (Fsp3) is 0.500. The first-order valence-corrected chi connectivity index (χ1v) is 6.79. The average molecular weight is 343 g/mol. The standard InChI is InChI=1S/C16H22N2.Ru/c1-5-13-14(6-2)18-16(3,4)15(17-13)12-10-8-7-9-11-12;/h7-11,15H,5-6H2,1-4H3;. The zero-order valence-electron chi connectivity index (χ0n) is 12.1. The molecular formula is C16H22N2Ru. The SMILES string of the molecule is CCC1=NC(c2ccccc2)C(C)(C)N=C1CC.[Ru]. The maximum absolute atomic E-state index is 4.96. The van der Waals surface area contributed by atoms with Crippen LogP contribution >= 0.6 is 0 Å². The van der Waals surface area contributed by atoms with Crippen LogP contribution in [0, 0.1) is 0 Å². The second-order valence-corrected chi connectivity index (χ2v) is 5.31. The summed E-state index contributed by atoms with van der Waals surface area (Å²) in [6.07, 6.45) is 1.93. The van der Waals surface area contributed by atoms with Gasteiger partial charge in [0.2, 0.25) is 0 Å². The van der Waals surface area contributed by atoms with Crippen LogP contribution < -0.4 is 0 Å². The molecule has 0 radical (unpaired) electrons. The van der Waals surface area contributed by atoms with Gasteiger partial charge < -0.3 is 0 Å². The van der Waals surface area contributed by atoms with Gasteiger partial charge in [-0.15, -0.1) is 0 Å². The van der Waals surface area contributed by atoms with Crippen LogP contribution in [0.15, 0.2) is 40.3 Å². The predicted molar refractivity (Wildman–Crippen MR) is 78.7 cm³/mol. The molecule has 0 aromatic heterocycles. The van der Waals surface area contributed by atoms with Crippen LogP contribution in [-0.2, 0) is 19.5 Å². The topological polar surface area (TPSA) is 24.7 Å². The number of nitrogens with zero attached hydrogens (tertiary/aromatic N) is 2. The molecule has 0 saturated heterocycles. The number of rotatable bonds is 3. The van der Waals surface area contributed by atoms with E-state index in [1.165, 1.54) is 17.0 Å². The first-order chi connectivity index (χ1) is 8.58. The molecule has 19 heavy (non-hydrogen) atoms. The first-order valence-electron chi connectivity index (χ1n) is 6.79. The molecule has 1 aliphatic rings. The second kappa shape index (κ2) is 6.56. The van der Waals surface area contributed by atoms with Crippen molar-refractivity contribution in [2.45, 2.75) is 52.1 Å². The van der Waals surface area contributed by atoms with Gasteiger partial charge in [-0.1, -0.05) is 44.2 Å². The van der Waals surface area contributed by atoms with Gasteiger partial charge in [0.25, 0.3) is 0 Å². The van der Waals surface area contributed by atoms with Crippen molar-refractivity contribution in [3.05, 3.63) is 35.9 Å². The maximum atomic E-state index is 4.96. The van der Waals surface area contributed by atoms with Crippen LogP contribution in [0.25, 0.3) is 0 Å². The van der Waals surface area contributed by atoms with Gasteiger partial charge in [0.15, 0.2) is 0 Å². The number of aliphatic imine (C=N–C) groups is 2. The molecule has 1 unspecified atom stereocenters. The van der Waals surface area contributed by atoms with Gasteiger partial charge in [0.1, 0.15) is 0 Å². The predicted octanol–water partition coefficient (Wildman–Crippen LogP) is 4.22. The average Bonchev–Trinajstić information content (AvgIpc) is 2.38. The van der Waals surface area contributed by atoms with Crippen molar-refractivity contribution >= 4 is 11.4 Å². The van der Waals surface area contributed by atoms with E-state index in [0.29, 0.717) is 0 Å². The van der Waals surface area contributed by atoms with Crippen molar-refractivity contribution in [1.29, 1.82) is 0 Å². The summed E-state index contributed by atoms with van der Waals surface area (Å²) >= 11 is 0. The van der Waals surface area contributed by atoms with Gasteiger partial charge in [0, 0.05) is 19.5 Å². The summed E-state index contributed by atoms with van der Waals surface area (Å²) in [7, 11) is 0. The minimum absolute atomic E-state index is 0. The molecule has 0 fully saturated rings. The Bertz CT molecular complexity index is 475. The van der Waals surface area contributed by atoms with Crippen LogP contribution in [0.3, 0.4) is 0 Å². The normalized spacial score (nSPS) is 21.2. The quantitative estimate of drug-likeness (QED) is 0.734. The molecule has 0 bridgehead atoms.